The summed E-state index contributed by atoms with van der Waals surface area (Å²) in [5.74, 6) is 1.06. The van der Waals surface area contributed by atoms with Gasteiger partial charge in [0.05, 0.1) is 12.7 Å². The number of aliphatic hydroxyl groups is 2. The van der Waals surface area contributed by atoms with E-state index >= 15 is 0 Å². The largest absolute Gasteiger partial charge is 0.507 e. The number of ether oxygens (including phenoxy) is 2. The third-order valence-electron chi connectivity index (χ3n) is 6.12. The first-order valence-electron chi connectivity index (χ1n) is 10.1. The summed E-state index contributed by atoms with van der Waals surface area (Å²) in [4.78, 5) is 0. The van der Waals surface area contributed by atoms with Gasteiger partial charge in [0.15, 0.2) is 0 Å². The van der Waals surface area contributed by atoms with Crippen LogP contribution in [0.1, 0.15) is 30.4 Å². The first-order chi connectivity index (χ1) is 14.0. The van der Waals surface area contributed by atoms with E-state index in [1.54, 1.807) is 0 Å². The van der Waals surface area contributed by atoms with Crippen molar-refractivity contribution in [1.29, 1.82) is 0 Å². The second kappa shape index (κ2) is 7.06. The lowest BCUT2D eigenvalue weighted by molar-refractivity contribution is -0.181. The summed E-state index contributed by atoms with van der Waals surface area (Å²) in [7, 11) is 0. The van der Waals surface area contributed by atoms with Gasteiger partial charge in [-0.2, -0.15) is 0 Å². The molecule has 2 aliphatic rings. The predicted molar refractivity (Wildman–Crippen MR) is 108 cm³/mol. The highest BCUT2D eigenvalue weighted by Crippen LogP contribution is 2.45. The Morgan fingerprint density at radius 3 is 2.24 bits per heavy atom. The van der Waals surface area contributed by atoms with E-state index < -0.39 is 18.5 Å². The molecule has 5 rings (SSSR count). The van der Waals surface area contributed by atoms with Gasteiger partial charge in [0.25, 0.3) is 0 Å². The van der Waals surface area contributed by atoms with Gasteiger partial charge in [-0.1, -0.05) is 12.1 Å². The van der Waals surface area contributed by atoms with Gasteiger partial charge in [0, 0.05) is 33.7 Å². The molecule has 3 atom stereocenters. The van der Waals surface area contributed by atoms with Crippen LogP contribution in [0.15, 0.2) is 30.3 Å². The number of aliphatic hydroxyl groups excluding tert-OH is 2. The van der Waals surface area contributed by atoms with Crippen molar-refractivity contribution >= 4 is 21.5 Å². The van der Waals surface area contributed by atoms with Crippen LogP contribution in [0.5, 0.6) is 17.2 Å². The van der Waals surface area contributed by atoms with Crippen LogP contribution in [-0.2, 0) is 17.6 Å². The third kappa shape index (κ3) is 3.08. The van der Waals surface area contributed by atoms with E-state index in [-0.39, 0.29) is 24.5 Å². The molecule has 1 saturated heterocycles. The molecule has 0 saturated carbocycles. The van der Waals surface area contributed by atoms with E-state index in [0.717, 1.165) is 47.6 Å². The minimum atomic E-state index is -0.905. The fourth-order valence-corrected chi connectivity index (χ4v) is 4.51. The number of phenols is 2. The Hall–Kier alpha value is -2.54. The Kier molecular flexibility index (Phi) is 4.50. The van der Waals surface area contributed by atoms with E-state index in [1.807, 2.05) is 30.3 Å². The first-order valence-corrected chi connectivity index (χ1v) is 10.1. The lowest BCUT2D eigenvalue weighted by Crippen LogP contribution is -2.43. The quantitative estimate of drug-likeness (QED) is 0.392. The molecule has 3 aromatic carbocycles. The maximum absolute atomic E-state index is 10.9. The first kappa shape index (κ1) is 18.5. The van der Waals surface area contributed by atoms with Gasteiger partial charge in [0.2, 0.25) is 6.29 Å². The van der Waals surface area contributed by atoms with E-state index in [1.165, 1.54) is 0 Å². The van der Waals surface area contributed by atoms with Crippen LogP contribution >= 0.6 is 0 Å². The molecule has 1 heterocycles. The monoisotopic (exact) mass is 396 g/mol. The second-order valence-corrected chi connectivity index (χ2v) is 7.99. The van der Waals surface area contributed by atoms with Crippen molar-refractivity contribution in [2.45, 2.75) is 50.6 Å². The maximum Gasteiger partial charge on any atom is 0.202 e. The minimum Gasteiger partial charge on any atom is -0.507 e. The predicted octanol–water partition coefficient (Wildman–Crippen LogP) is 3.13. The summed E-state index contributed by atoms with van der Waals surface area (Å²) >= 11 is 0. The highest BCUT2D eigenvalue weighted by molar-refractivity contribution is 6.06. The zero-order valence-corrected chi connectivity index (χ0v) is 16.0. The lowest BCUT2D eigenvalue weighted by atomic mass is 9.86. The van der Waals surface area contributed by atoms with Crippen molar-refractivity contribution in [1.82, 2.24) is 0 Å². The van der Waals surface area contributed by atoms with Crippen molar-refractivity contribution in [3.63, 3.8) is 0 Å². The summed E-state index contributed by atoms with van der Waals surface area (Å²) in [6, 6.07) is 9.31. The summed E-state index contributed by atoms with van der Waals surface area (Å²) in [5.41, 5.74) is 1.70. The molecular formula is C23H24O6. The van der Waals surface area contributed by atoms with Crippen LogP contribution in [-0.4, -0.2) is 45.5 Å². The zero-order valence-electron chi connectivity index (χ0n) is 16.0. The van der Waals surface area contributed by atoms with Gasteiger partial charge < -0.3 is 29.9 Å². The van der Waals surface area contributed by atoms with E-state index in [4.69, 9.17) is 9.47 Å². The molecule has 152 valence electrons. The smallest absolute Gasteiger partial charge is 0.202 e. The van der Waals surface area contributed by atoms with Gasteiger partial charge in [-0.15, -0.1) is 0 Å². The normalized spacial score (nSPS) is 24.6. The molecule has 1 aliphatic carbocycles. The van der Waals surface area contributed by atoms with Gasteiger partial charge >= 0.3 is 0 Å². The zero-order chi connectivity index (χ0) is 20.1. The van der Waals surface area contributed by atoms with E-state index in [9.17, 15) is 20.4 Å². The molecule has 0 amide bonds. The standard InChI is InChI=1S/C23H24O6/c24-18-10-21(28-11-19(18)25)29-20-7-3-4-12-8-16-17(9-15(12)20)23(27)14-6-2-1-5-13(14)22(16)26/h3-4,7-9,18-19,21,24-27H,1-2,5-6,10-11H2/t18-,19+,21-/m0/s1. The number of benzene rings is 3. The maximum atomic E-state index is 10.9. The van der Waals surface area contributed by atoms with Gasteiger partial charge in [-0.05, 0) is 49.3 Å². The molecule has 4 N–H and O–H groups in total. The van der Waals surface area contributed by atoms with Crippen LogP contribution in [0, 0.1) is 0 Å². The van der Waals surface area contributed by atoms with E-state index in [0.29, 0.717) is 16.5 Å². The number of fused-ring (bicyclic) bond motifs is 3. The molecule has 1 fully saturated rings. The molecule has 6 nitrogen and oxygen atoms in total. The van der Waals surface area contributed by atoms with Crippen molar-refractivity contribution in [2.24, 2.45) is 0 Å². The van der Waals surface area contributed by atoms with E-state index in [2.05, 4.69) is 0 Å². The number of hydrogen-bond donors (Lipinski definition) is 4. The highest BCUT2D eigenvalue weighted by Gasteiger charge is 2.30. The fraction of sp³-hybridized carbons (Fsp3) is 0.391. The number of rotatable bonds is 2. The highest BCUT2D eigenvalue weighted by atomic mass is 16.7. The van der Waals surface area contributed by atoms with Crippen LogP contribution in [0.25, 0.3) is 21.5 Å². The Labute approximate surface area is 167 Å². The average molecular weight is 396 g/mol. The van der Waals surface area contributed by atoms with Crippen LogP contribution in [0.2, 0.25) is 0 Å². The second-order valence-electron chi connectivity index (χ2n) is 7.99. The van der Waals surface area contributed by atoms with Crippen LogP contribution in [0.3, 0.4) is 0 Å². The average Bonchev–Trinajstić information content (AvgIpc) is 2.74. The van der Waals surface area contributed by atoms with Crippen molar-refractivity contribution in [3.05, 3.63) is 41.5 Å². The Bertz CT molecular complexity index is 1090. The molecule has 0 spiro atoms. The number of aromatic hydroxyl groups is 2. The number of phenolic OH excluding ortho intramolecular Hbond substituents is 2. The SMILES string of the molecule is Oc1c2c(c(O)c3cc4c(O[C@H]5C[C@H](O)[C@H](O)CO5)cccc4cc13)CCCC2. The summed E-state index contributed by atoms with van der Waals surface area (Å²) in [5, 5.41) is 44.2. The molecule has 1 aliphatic heterocycles. The topological polar surface area (TPSA) is 99.4 Å². The Balaban J connectivity index is 1.62. The molecule has 0 aromatic heterocycles. The molecule has 0 unspecified atom stereocenters. The Morgan fingerprint density at radius 2 is 1.55 bits per heavy atom. The molecule has 3 aromatic rings. The van der Waals surface area contributed by atoms with Gasteiger partial charge in [-0.25, -0.2) is 0 Å². The van der Waals surface area contributed by atoms with Gasteiger partial charge in [-0.3, -0.25) is 0 Å². The number of hydrogen-bond acceptors (Lipinski definition) is 6. The van der Waals surface area contributed by atoms with Crippen molar-refractivity contribution in [2.75, 3.05) is 6.61 Å². The Morgan fingerprint density at radius 1 is 0.862 bits per heavy atom. The lowest BCUT2D eigenvalue weighted by Gasteiger charge is -2.30. The molecule has 6 heteroatoms. The minimum absolute atomic E-state index is 0.0142. The van der Waals surface area contributed by atoms with Crippen LogP contribution < -0.4 is 4.74 Å². The fourth-order valence-electron chi connectivity index (χ4n) is 4.51. The molecular weight excluding hydrogens is 372 g/mol. The van der Waals surface area contributed by atoms with Crippen LogP contribution in [0.4, 0.5) is 0 Å². The summed E-state index contributed by atoms with van der Waals surface area (Å²) in [6.45, 7) is 0.0142. The summed E-state index contributed by atoms with van der Waals surface area (Å²) < 4.78 is 11.5. The van der Waals surface area contributed by atoms with Crippen molar-refractivity contribution in [3.8, 4) is 17.2 Å². The molecule has 0 bridgehead atoms. The third-order valence-corrected chi connectivity index (χ3v) is 6.12. The molecule has 0 radical (unpaired) electrons. The van der Waals surface area contributed by atoms with Crippen molar-refractivity contribution < 1.29 is 29.9 Å². The molecule has 29 heavy (non-hydrogen) atoms. The summed E-state index contributed by atoms with van der Waals surface area (Å²) in [6.07, 6.45) is 1.26. The van der Waals surface area contributed by atoms with Gasteiger partial charge in [0.1, 0.15) is 23.4 Å².